The molecule has 0 bridgehead atoms. The lowest BCUT2D eigenvalue weighted by Crippen LogP contribution is -2.13. The molecule has 4 heteroatoms. The summed E-state index contributed by atoms with van der Waals surface area (Å²) < 4.78 is 5.27. The van der Waals surface area contributed by atoms with Crippen LogP contribution in [0.2, 0.25) is 0 Å². The minimum absolute atomic E-state index is 0.142. The average molecular weight is 283 g/mol. The normalized spacial score (nSPS) is 10.0. The monoisotopic (exact) mass is 283 g/mol. The highest BCUT2D eigenvalue weighted by Crippen LogP contribution is 2.17. The zero-order valence-corrected chi connectivity index (χ0v) is 12.1. The van der Waals surface area contributed by atoms with Crippen LogP contribution >= 0.6 is 0 Å². The SMILES string of the molecule is CC(=O)Nc1ccc(C)c(CC(=O)Oc2ccccc2)c1. The van der Waals surface area contributed by atoms with Crippen molar-refractivity contribution in [2.45, 2.75) is 20.3 Å². The molecule has 4 nitrogen and oxygen atoms in total. The summed E-state index contributed by atoms with van der Waals surface area (Å²) in [5.41, 5.74) is 2.49. The summed E-state index contributed by atoms with van der Waals surface area (Å²) in [6, 6.07) is 14.4. The summed E-state index contributed by atoms with van der Waals surface area (Å²) in [6.07, 6.45) is 0.161. The van der Waals surface area contributed by atoms with Crippen LogP contribution in [0.5, 0.6) is 5.75 Å². The van der Waals surface area contributed by atoms with Crippen molar-refractivity contribution in [1.82, 2.24) is 0 Å². The van der Waals surface area contributed by atoms with Gasteiger partial charge >= 0.3 is 5.97 Å². The number of benzene rings is 2. The number of hydrogen-bond acceptors (Lipinski definition) is 3. The molecule has 0 atom stereocenters. The van der Waals surface area contributed by atoms with Crippen LogP contribution in [0.4, 0.5) is 5.69 Å². The molecule has 2 aromatic rings. The number of carbonyl (C=O) groups is 2. The zero-order valence-electron chi connectivity index (χ0n) is 12.1. The van der Waals surface area contributed by atoms with Crippen LogP contribution in [-0.2, 0) is 16.0 Å². The smallest absolute Gasteiger partial charge is 0.315 e. The quantitative estimate of drug-likeness (QED) is 0.693. The Labute approximate surface area is 123 Å². The van der Waals surface area contributed by atoms with E-state index >= 15 is 0 Å². The van der Waals surface area contributed by atoms with Crippen LogP contribution in [0, 0.1) is 6.92 Å². The Bertz CT molecular complexity index is 650. The zero-order chi connectivity index (χ0) is 15.2. The van der Waals surface area contributed by atoms with E-state index in [1.54, 1.807) is 18.2 Å². The predicted octanol–water partition coefficient (Wildman–Crippen LogP) is 3.10. The number of para-hydroxylation sites is 1. The van der Waals surface area contributed by atoms with Crippen LogP contribution in [0.1, 0.15) is 18.1 Å². The van der Waals surface area contributed by atoms with Crippen LogP contribution in [0.3, 0.4) is 0 Å². The fourth-order valence-corrected chi connectivity index (χ4v) is 1.95. The molecular weight excluding hydrogens is 266 g/mol. The summed E-state index contributed by atoms with van der Waals surface area (Å²) in [7, 11) is 0. The third-order valence-corrected chi connectivity index (χ3v) is 2.98. The minimum Gasteiger partial charge on any atom is -0.426 e. The Kier molecular flexibility index (Phi) is 4.72. The molecular formula is C17H17NO3. The Hall–Kier alpha value is -2.62. The van der Waals surface area contributed by atoms with Crippen LogP contribution in [0.15, 0.2) is 48.5 Å². The van der Waals surface area contributed by atoms with E-state index in [4.69, 9.17) is 4.74 Å². The number of amides is 1. The Morgan fingerprint density at radius 3 is 2.48 bits per heavy atom. The third-order valence-electron chi connectivity index (χ3n) is 2.98. The van der Waals surface area contributed by atoms with Crippen molar-refractivity contribution in [3.63, 3.8) is 0 Å². The van der Waals surface area contributed by atoms with Gasteiger partial charge in [-0.3, -0.25) is 9.59 Å². The van der Waals surface area contributed by atoms with Crippen molar-refractivity contribution in [3.8, 4) is 5.75 Å². The molecule has 1 N–H and O–H groups in total. The van der Waals surface area contributed by atoms with Gasteiger partial charge in [-0.1, -0.05) is 24.3 Å². The second-order valence-electron chi connectivity index (χ2n) is 4.79. The first kappa shape index (κ1) is 14.8. The first-order chi connectivity index (χ1) is 10.0. The van der Waals surface area contributed by atoms with E-state index in [0.717, 1.165) is 11.1 Å². The van der Waals surface area contributed by atoms with Gasteiger partial charge in [-0.05, 0) is 42.3 Å². The molecule has 0 heterocycles. The maximum absolute atomic E-state index is 12.0. The molecule has 108 valence electrons. The maximum Gasteiger partial charge on any atom is 0.315 e. The highest BCUT2D eigenvalue weighted by atomic mass is 16.5. The highest BCUT2D eigenvalue weighted by Gasteiger charge is 2.09. The number of nitrogens with one attached hydrogen (secondary N) is 1. The van der Waals surface area contributed by atoms with Gasteiger partial charge in [0.15, 0.2) is 0 Å². The van der Waals surface area contributed by atoms with E-state index in [-0.39, 0.29) is 18.3 Å². The standard InChI is InChI=1S/C17H17NO3/c1-12-8-9-15(18-13(2)19)10-14(12)11-17(20)21-16-6-4-3-5-7-16/h3-10H,11H2,1-2H3,(H,18,19). The van der Waals surface area contributed by atoms with Gasteiger partial charge in [0.25, 0.3) is 0 Å². The molecule has 2 aromatic carbocycles. The molecule has 0 aromatic heterocycles. The Morgan fingerprint density at radius 1 is 1.10 bits per heavy atom. The molecule has 0 unspecified atom stereocenters. The first-order valence-corrected chi connectivity index (χ1v) is 6.67. The molecule has 0 fully saturated rings. The van der Waals surface area contributed by atoms with Gasteiger partial charge in [0.05, 0.1) is 6.42 Å². The fourth-order valence-electron chi connectivity index (χ4n) is 1.95. The number of hydrogen-bond donors (Lipinski definition) is 1. The van der Waals surface area contributed by atoms with Gasteiger partial charge in [-0.25, -0.2) is 0 Å². The van der Waals surface area contributed by atoms with E-state index in [9.17, 15) is 9.59 Å². The van der Waals surface area contributed by atoms with Gasteiger partial charge < -0.3 is 10.1 Å². The van der Waals surface area contributed by atoms with Gasteiger partial charge in [0, 0.05) is 12.6 Å². The topological polar surface area (TPSA) is 55.4 Å². The number of carbonyl (C=O) groups excluding carboxylic acids is 2. The van der Waals surface area contributed by atoms with E-state index < -0.39 is 0 Å². The van der Waals surface area contributed by atoms with Crippen molar-refractivity contribution < 1.29 is 14.3 Å². The molecule has 2 rings (SSSR count). The van der Waals surface area contributed by atoms with Gasteiger partial charge in [0.1, 0.15) is 5.75 Å². The van der Waals surface area contributed by atoms with E-state index in [1.807, 2.05) is 37.3 Å². The van der Waals surface area contributed by atoms with Crippen LogP contribution in [0.25, 0.3) is 0 Å². The second-order valence-corrected chi connectivity index (χ2v) is 4.79. The average Bonchev–Trinajstić information content (AvgIpc) is 2.43. The molecule has 0 aliphatic carbocycles. The third kappa shape index (κ3) is 4.45. The molecule has 0 radical (unpaired) electrons. The summed E-state index contributed by atoms with van der Waals surface area (Å²) in [4.78, 5) is 23.0. The molecule has 0 aliphatic rings. The lowest BCUT2D eigenvalue weighted by atomic mass is 10.0. The molecule has 0 spiro atoms. The Balaban J connectivity index is 2.07. The minimum atomic E-state index is -0.329. The van der Waals surface area contributed by atoms with Gasteiger partial charge in [-0.15, -0.1) is 0 Å². The molecule has 0 saturated heterocycles. The van der Waals surface area contributed by atoms with Gasteiger partial charge in [-0.2, -0.15) is 0 Å². The van der Waals surface area contributed by atoms with E-state index in [0.29, 0.717) is 11.4 Å². The number of anilines is 1. The molecule has 21 heavy (non-hydrogen) atoms. The molecule has 0 aliphatic heterocycles. The lowest BCUT2D eigenvalue weighted by molar-refractivity contribution is -0.133. The summed E-state index contributed by atoms with van der Waals surface area (Å²) in [5.74, 6) is 0.0547. The molecule has 1 amide bonds. The second kappa shape index (κ2) is 6.70. The van der Waals surface area contributed by atoms with Crippen molar-refractivity contribution in [2.75, 3.05) is 5.32 Å². The Morgan fingerprint density at radius 2 is 1.81 bits per heavy atom. The summed E-state index contributed by atoms with van der Waals surface area (Å²) >= 11 is 0. The number of esters is 1. The van der Waals surface area contributed by atoms with E-state index in [1.165, 1.54) is 6.92 Å². The van der Waals surface area contributed by atoms with Crippen molar-refractivity contribution in [1.29, 1.82) is 0 Å². The van der Waals surface area contributed by atoms with E-state index in [2.05, 4.69) is 5.32 Å². The van der Waals surface area contributed by atoms with Crippen molar-refractivity contribution in [3.05, 3.63) is 59.7 Å². The number of rotatable bonds is 4. The number of ether oxygens (including phenoxy) is 1. The predicted molar refractivity (Wildman–Crippen MR) is 81.3 cm³/mol. The summed E-state index contributed by atoms with van der Waals surface area (Å²) in [6.45, 7) is 3.37. The van der Waals surface area contributed by atoms with Crippen LogP contribution < -0.4 is 10.1 Å². The maximum atomic E-state index is 12.0. The summed E-state index contributed by atoms with van der Waals surface area (Å²) in [5, 5.41) is 2.70. The lowest BCUT2D eigenvalue weighted by Gasteiger charge is -2.09. The number of aryl methyl sites for hydroxylation is 1. The van der Waals surface area contributed by atoms with Crippen molar-refractivity contribution in [2.24, 2.45) is 0 Å². The largest absolute Gasteiger partial charge is 0.426 e. The fraction of sp³-hybridized carbons (Fsp3) is 0.176. The van der Waals surface area contributed by atoms with Crippen LogP contribution in [-0.4, -0.2) is 11.9 Å². The highest BCUT2D eigenvalue weighted by molar-refractivity contribution is 5.89. The van der Waals surface area contributed by atoms with Gasteiger partial charge in [0.2, 0.25) is 5.91 Å². The first-order valence-electron chi connectivity index (χ1n) is 6.67. The molecule has 0 saturated carbocycles. The van der Waals surface area contributed by atoms with Crippen molar-refractivity contribution >= 4 is 17.6 Å².